The highest BCUT2D eigenvalue weighted by molar-refractivity contribution is 6.74. The van der Waals surface area contributed by atoms with Gasteiger partial charge in [-0.3, -0.25) is 0 Å². The highest BCUT2D eigenvalue weighted by Gasteiger charge is 2.74. The summed E-state index contributed by atoms with van der Waals surface area (Å²) >= 11 is 0. The van der Waals surface area contributed by atoms with Gasteiger partial charge >= 0.3 is 0 Å². The summed E-state index contributed by atoms with van der Waals surface area (Å²) in [6.45, 7) is 32.3. The van der Waals surface area contributed by atoms with Crippen LogP contribution < -0.4 is 0 Å². The van der Waals surface area contributed by atoms with Crippen LogP contribution in [0, 0.1) is 16.2 Å². The molecule has 2 atom stereocenters. The van der Waals surface area contributed by atoms with Gasteiger partial charge in [0.2, 0.25) is 0 Å². The van der Waals surface area contributed by atoms with Gasteiger partial charge in [0.25, 0.3) is 0 Å². The van der Waals surface area contributed by atoms with Crippen molar-refractivity contribution in [2.45, 2.75) is 104 Å². The van der Waals surface area contributed by atoms with Crippen molar-refractivity contribution in [1.29, 1.82) is 0 Å². The van der Waals surface area contributed by atoms with Crippen LogP contribution >= 0.6 is 0 Å². The summed E-state index contributed by atoms with van der Waals surface area (Å²) in [4.78, 5) is 0. The lowest BCUT2D eigenvalue weighted by molar-refractivity contribution is 0.0528. The predicted molar refractivity (Wildman–Crippen MR) is 149 cm³/mol. The molecule has 0 radical (unpaired) electrons. The highest BCUT2D eigenvalue weighted by atomic mass is 28.4. The van der Waals surface area contributed by atoms with Gasteiger partial charge in [-0.1, -0.05) is 85.4 Å². The molecule has 0 unspecified atom stereocenters. The zero-order valence-electron chi connectivity index (χ0n) is 23.4. The van der Waals surface area contributed by atoms with Gasteiger partial charge in [0, 0.05) is 24.0 Å². The lowest BCUT2D eigenvalue weighted by atomic mass is 9.79. The Kier molecular flexibility index (Phi) is 6.67. The highest BCUT2D eigenvalue weighted by Crippen LogP contribution is 2.81. The first kappa shape index (κ1) is 26.9. The smallest absolute Gasteiger partial charge is 0.192 e. The van der Waals surface area contributed by atoms with Gasteiger partial charge in [-0.15, -0.1) is 0 Å². The van der Waals surface area contributed by atoms with E-state index in [0.717, 1.165) is 19.6 Å². The maximum absolute atomic E-state index is 6.92. The van der Waals surface area contributed by atoms with Crippen LogP contribution in [0.15, 0.2) is 36.9 Å². The summed E-state index contributed by atoms with van der Waals surface area (Å²) in [6.07, 6.45) is 3.55. The first-order valence-electron chi connectivity index (χ1n) is 12.8. The fourth-order valence-electron chi connectivity index (χ4n) is 5.50. The van der Waals surface area contributed by atoms with E-state index in [1.54, 1.807) is 0 Å². The van der Waals surface area contributed by atoms with Crippen molar-refractivity contribution >= 4 is 22.2 Å². The van der Waals surface area contributed by atoms with Crippen LogP contribution in [0.3, 0.4) is 0 Å². The molecule has 0 aliphatic heterocycles. The molecule has 1 aromatic carbocycles. The first-order chi connectivity index (χ1) is 14.8. The van der Waals surface area contributed by atoms with Crippen molar-refractivity contribution < 1.29 is 8.85 Å². The summed E-state index contributed by atoms with van der Waals surface area (Å²) < 4.78 is 13.8. The molecule has 4 heteroatoms. The van der Waals surface area contributed by atoms with Crippen molar-refractivity contribution in [1.82, 2.24) is 0 Å². The van der Waals surface area contributed by atoms with Crippen molar-refractivity contribution in [3.8, 4) is 0 Å². The van der Waals surface area contributed by atoms with E-state index in [2.05, 4.69) is 112 Å². The van der Waals surface area contributed by atoms with E-state index in [9.17, 15) is 0 Å². The summed E-state index contributed by atoms with van der Waals surface area (Å²) in [5.74, 6) is 0. The zero-order valence-corrected chi connectivity index (χ0v) is 25.4. The average Bonchev–Trinajstić information content (AvgIpc) is 3.17. The molecule has 0 N–H and O–H groups in total. The Morgan fingerprint density at radius 3 is 1.70 bits per heavy atom. The lowest BCUT2D eigenvalue weighted by Crippen LogP contribution is -2.48. The van der Waals surface area contributed by atoms with Gasteiger partial charge in [0.1, 0.15) is 0 Å². The van der Waals surface area contributed by atoms with Crippen LogP contribution in [0.25, 0.3) is 5.57 Å². The molecule has 3 rings (SSSR count). The van der Waals surface area contributed by atoms with Gasteiger partial charge in [0.15, 0.2) is 16.6 Å². The number of hydrogen-bond donors (Lipinski definition) is 0. The molecule has 33 heavy (non-hydrogen) atoms. The van der Waals surface area contributed by atoms with E-state index in [0.29, 0.717) is 5.41 Å². The zero-order chi connectivity index (χ0) is 25.1. The fourth-order valence-corrected chi connectivity index (χ4v) is 7.70. The van der Waals surface area contributed by atoms with Gasteiger partial charge in [-0.05, 0) is 72.1 Å². The third kappa shape index (κ3) is 4.87. The Morgan fingerprint density at radius 1 is 0.818 bits per heavy atom. The van der Waals surface area contributed by atoms with Crippen LogP contribution in [-0.4, -0.2) is 29.8 Å². The molecular formula is C29H50O2Si2. The Labute approximate surface area is 206 Å². The molecule has 0 bridgehead atoms. The standard InChI is InChI=1S/C29H50O2Si2/c1-23(24-16-14-13-15-17-24)29-19-27(29,8)18-28(20-29,21-30-32(9,10)25(2,3)4)22-31-33(11,12)26(5,6)7/h13-17H,1,18-22H2,2-12H3/t27-,29-/m1/s1. The minimum atomic E-state index is -1.84. The molecule has 0 heterocycles. The first-order valence-corrected chi connectivity index (χ1v) is 18.6. The minimum Gasteiger partial charge on any atom is -0.416 e. The van der Waals surface area contributed by atoms with Gasteiger partial charge in [-0.25, -0.2) is 0 Å². The second-order valence-electron chi connectivity index (χ2n) is 14.6. The summed E-state index contributed by atoms with van der Waals surface area (Å²) in [6, 6.07) is 10.8. The van der Waals surface area contributed by atoms with Crippen LogP contribution in [-0.2, 0) is 8.85 Å². The van der Waals surface area contributed by atoms with Gasteiger partial charge in [-0.2, -0.15) is 0 Å². The molecular weight excluding hydrogens is 436 g/mol. The van der Waals surface area contributed by atoms with Crippen LogP contribution in [0.4, 0.5) is 0 Å². The molecule has 0 saturated heterocycles. The quantitative estimate of drug-likeness (QED) is 0.341. The Hall–Kier alpha value is -0.686. The third-order valence-corrected chi connectivity index (χ3v) is 18.9. The Balaban J connectivity index is 1.89. The van der Waals surface area contributed by atoms with E-state index in [4.69, 9.17) is 8.85 Å². The second kappa shape index (κ2) is 8.18. The van der Waals surface area contributed by atoms with Crippen molar-refractivity contribution in [3.05, 3.63) is 42.5 Å². The molecule has 1 aromatic rings. The molecule has 0 aromatic heterocycles. The number of hydrogen-bond acceptors (Lipinski definition) is 2. The molecule has 2 nitrogen and oxygen atoms in total. The van der Waals surface area contributed by atoms with Crippen LogP contribution in [0.2, 0.25) is 36.3 Å². The molecule has 2 aliphatic carbocycles. The molecule has 2 aliphatic rings. The van der Waals surface area contributed by atoms with E-state index in [1.807, 2.05) is 0 Å². The topological polar surface area (TPSA) is 18.5 Å². The summed E-state index contributed by atoms with van der Waals surface area (Å²) in [5, 5.41) is 0.427. The fraction of sp³-hybridized carbons (Fsp3) is 0.724. The van der Waals surface area contributed by atoms with E-state index >= 15 is 0 Å². The third-order valence-electron chi connectivity index (χ3n) is 9.95. The van der Waals surface area contributed by atoms with Gasteiger partial charge < -0.3 is 8.85 Å². The molecule has 2 saturated carbocycles. The minimum absolute atomic E-state index is 0.0652. The molecule has 186 valence electrons. The van der Waals surface area contributed by atoms with E-state index in [1.165, 1.54) is 24.0 Å². The summed E-state index contributed by atoms with van der Waals surface area (Å²) in [7, 11) is -3.69. The van der Waals surface area contributed by atoms with E-state index < -0.39 is 16.6 Å². The van der Waals surface area contributed by atoms with Crippen molar-refractivity contribution in [3.63, 3.8) is 0 Å². The number of fused-ring (bicyclic) bond motifs is 1. The number of allylic oxidation sites excluding steroid dienone is 1. The SMILES string of the molecule is C=C(c1ccccc1)[C@@]12CC(CO[Si](C)(C)C(C)(C)C)(CO[Si](C)(C)C(C)(C)C)C[C@]1(C)C2. The van der Waals surface area contributed by atoms with Crippen LogP contribution in [0.5, 0.6) is 0 Å². The number of benzene rings is 1. The van der Waals surface area contributed by atoms with Crippen LogP contribution in [0.1, 0.15) is 73.3 Å². The largest absolute Gasteiger partial charge is 0.416 e. The Morgan fingerprint density at radius 2 is 1.27 bits per heavy atom. The van der Waals surface area contributed by atoms with E-state index in [-0.39, 0.29) is 20.9 Å². The van der Waals surface area contributed by atoms with Crippen molar-refractivity contribution in [2.24, 2.45) is 16.2 Å². The van der Waals surface area contributed by atoms with Gasteiger partial charge in [0.05, 0.1) is 0 Å². The second-order valence-corrected chi connectivity index (χ2v) is 24.2. The maximum Gasteiger partial charge on any atom is 0.192 e. The molecule has 2 fully saturated rings. The predicted octanol–water partition coefficient (Wildman–Crippen LogP) is 8.92. The lowest BCUT2D eigenvalue weighted by Gasteiger charge is -2.44. The number of rotatable bonds is 8. The van der Waals surface area contributed by atoms with Crippen molar-refractivity contribution in [2.75, 3.05) is 13.2 Å². The maximum atomic E-state index is 6.92. The normalized spacial score (nSPS) is 27.4. The molecule has 0 spiro atoms. The monoisotopic (exact) mass is 486 g/mol. The molecule has 0 amide bonds. The summed E-state index contributed by atoms with van der Waals surface area (Å²) in [5.41, 5.74) is 3.17. The Bertz CT molecular complexity index is 845. The average molecular weight is 487 g/mol.